The molecular formula is C15H17N3O. The number of carbonyl (C=O) groups is 1. The highest BCUT2D eigenvalue weighted by atomic mass is 16.1. The van der Waals surface area contributed by atoms with Gasteiger partial charge in [-0.3, -0.25) is 4.79 Å². The average molecular weight is 255 g/mol. The van der Waals surface area contributed by atoms with E-state index in [4.69, 9.17) is 0 Å². The lowest BCUT2D eigenvalue weighted by Gasteiger charge is -2.10. The predicted octanol–water partition coefficient (Wildman–Crippen LogP) is 2.23. The van der Waals surface area contributed by atoms with Crippen molar-refractivity contribution in [2.24, 2.45) is 0 Å². The Bertz CT molecular complexity index is 563. The number of nitrogens with one attached hydrogen (secondary N) is 3. The third kappa shape index (κ3) is 2.62. The zero-order chi connectivity index (χ0) is 13.1. The number of amides is 1. The molecule has 0 saturated carbocycles. The first-order valence-electron chi connectivity index (χ1n) is 6.54. The van der Waals surface area contributed by atoms with Crippen molar-refractivity contribution in [3.05, 3.63) is 53.9 Å². The third-order valence-electron chi connectivity index (χ3n) is 3.52. The predicted molar refractivity (Wildman–Crippen MR) is 74.9 cm³/mol. The summed E-state index contributed by atoms with van der Waals surface area (Å²) in [6, 6.07) is 10.2. The van der Waals surface area contributed by atoms with Crippen molar-refractivity contribution < 1.29 is 4.79 Å². The lowest BCUT2D eigenvalue weighted by molar-refractivity contribution is -0.121. The topological polar surface area (TPSA) is 56.9 Å². The van der Waals surface area contributed by atoms with Crippen molar-refractivity contribution in [2.45, 2.75) is 18.9 Å². The SMILES string of the molecule is O=C(CC1CNc2ccccc21)NCc1cc[nH]c1. The van der Waals surface area contributed by atoms with Crippen molar-refractivity contribution in [3.8, 4) is 0 Å². The second-order valence-electron chi connectivity index (χ2n) is 4.87. The van der Waals surface area contributed by atoms with Crippen LogP contribution in [0, 0.1) is 0 Å². The van der Waals surface area contributed by atoms with E-state index < -0.39 is 0 Å². The molecule has 2 aromatic rings. The van der Waals surface area contributed by atoms with Crippen molar-refractivity contribution in [3.63, 3.8) is 0 Å². The first-order chi connectivity index (χ1) is 9.33. The van der Waals surface area contributed by atoms with Gasteiger partial charge < -0.3 is 15.6 Å². The molecule has 3 rings (SSSR count). The summed E-state index contributed by atoms with van der Waals surface area (Å²) >= 11 is 0. The molecule has 0 bridgehead atoms. The molecule has 4 heteroatoms. The van der Waals surface area contributed by atoms with E-state index >= 15 is 0 Å². The molecule has 98 valence electrons. The van der Waals surface area contributed by atoms with Crippen molar-refractivity contribution in [2.75, 3.05) is 11.9 Å². The third-order valence-corrected chi connectivity index (χ3v) is 3.52. The fraction of sp³-hybridized carbons (Fsp3) is 0.267. The maximum atomic E-state index is 12.0. The summed E-state index contributed by atoms with van der Waals surface area (Å²) in [7, 11) is 0. The van der Waals surface area contributed by atoms with E-state index in [9.17, 15) is 4.79 Å². The van der Waals surface area contributed by atoms with Gasteiger partial charge in [-0.15, -0.1) is 0 Å². The maximum Gasteiger partial charge on any atom is 0.220 e. The summed E-state index contributed by atoms with van der Waals surface area (Å²) in [6.07, 6.45) is 4.29. The van der Waals surface area contributed by atoms with Gasteiger partial charge in [0.1, 0.15) is 0 Å². The monoisotopic (exact) mass is 255 g/mol. The molecule has 1 aromatic carbocycles. The Hall–Kier alpha value is -2.23. The van der Waals surface area contributed by atoms with Crippen LogP contribution in [0.3, 0.4) is 0 Å². The molecule has 0 radical (unpaired) electrons. The van der Waals surface area contributed by atoms with Crippen LogP contribution in [-0.2, 0) is 11.3 Å². The van der Waals surface area contributed by atoms with E-state index in [0.717, 1.165) is 17.8 Å². The van der Waals surface area contributed by atoms with Gasteiger partial charge in [0.25, 0.3) is 0 Å². The second kappa shape index (κ2) is 5.18. The van der Waals surface area contributed by atoms with Crippen LogP contribution in [0.15, 0.2) is 42.7 Å². The molecular weight excluding hydrogens is 238 g/mol. The molecule has 0 spiro atoms. The molecule has 1 aliphatic heterocycles. The van der Waals surface area contributed by atoms with Gasteiger partial charge >= 0.3 is 0 Å². The molecule has 4 nitrogen and oxygen atoms in total. The Morgan fingerprint density at radius 3 is 3.05 bits per heavy atom. The average Bonchev–Trinajstić information content (AvgIpc) is 3.07. The Balaban J connectivity index is 1.56. The smallest absolute Gasteiger partial charge is 0.220 e. The molecule has 0 aliphatic carbocycles. The summed E-state index contributed by atoms with van der Waals surface area (Å²) < 4.78 is 0. The molecule has 1 aliphatic rings. The number of para-hydroxylation sites is 1. The van der Waals surface area contributed by atoms with Gasteiger partial charge in [0.05, 0.1) is 0 Å². The Morgan fingerprint density at radius 1 is 1.32 bits per heavy atom. The molecule has 2 heterocycles. The standard InChI is InChI=1S/C15H17N3O/c19-15(18-9-11-5-6-16-8-11)7-12-10-17-14-4-2-1-3-13(12)14/h1-6,8,12,16-17H,7,9-10H2,(H,18,19). The molecule has 1 aromatic heterocycles. The van der Waals surface area contributed by atoms with Crippen LogP contribution in [0.4, 0.5) is 5.69 Å². The normalized spacial score (nSPS) is 16.7. The first-order valence-corrected chi connectivity index (χ1v) is 6.54. The van der Waals surface area contributed by atoms with Gasteiger partial charge in [0.2, 0.25) is 5.91 Å². The molecule has 3 N–H and O–H groups in total. The molecule has 0 fully saturated rings. The highest BCUT2D eigenvalue weighted by Crippen LogP contribution is 2.32. The first kappa shape index (κ1) is 11.8. The van der Waals surface area contributed by atoms with Crippen molar-refractivity contribution in [1.82, 2.24) is 10.3 Å². The highest BCUT2D eigenvalue weighted by Gasteiger charge is 2.23. The van der Waals surface area contributed by atoms with E-state index in [1.54, 1.807) is 0 Å². The van der Waals surface area contributed by atoms with Crippen LogP contribution in [0.2, 0.25) is 0 Å². The fourth-order valence-electron chi connectivity index (χ4n) is 2.50. The van der Waals surface area contributed by atoms with Gasteiger partial charge in [0.15, 0.2) is 0 Å². The number of carbonyl (C=O) groups excluding carboxylic acids is 1. The number of hydrogen-bond donors (Lipinski definition) is 3. The maximum absolute atomic E-state index is 12.0. The molecule has 1 unspecified atom stereocenters. The van der Waals surface area contributed by atoms with E-state index in [-0.39, 0.29) is 11.8 Å². The van der Waals surface area contributed by atoms with E-state index in [0.29, 0.717) is 13.0 Å². The summed E-state index contributed by atoms with van der Waals surface area (Å²) in [5.74, 6) is 0.382. The number of benzene rings is 1. The fourth-order valence-corrected chi connectivity index (χ4v) is 2.50. The van der Waals surface area contributed by atoms with E-state index in [1.165, 1.54) is 5.56 Å². The lowest BCUT2D eigenvalue weighted by Crippen LogP contribution is -2.24. The van der Waals surface area contributed by atoms with E-state index in [2.05, 4.69) is 27.8 Å². The lowest BCUT2D eigenvalue weighted by atomic mass is 9.97. The number of hydrogen-bond acceptors (Lipinski definition) is 2. The zero-order valence-electron chi connectivity index (χ0n) is 10.6. The largest absolute Gasteiger partial charge is 0.384 e. The van der Waals surface area contributed by atoms with Crippen LogP contribution in [-0.4, -0.2) is 17.4 Å². The summed E-state index contributed by atoms with van der Waals surface area (Å²) in [5.41, 5.74) is 3.50. The van der Waals surface area contributed by atoms with Gasteiger partial charge in [-0.2, -0.15) is 0 Å². The summed E-state index contributed by atoms with van der Waals surface area (Å²) in [5, 5.41) is 6.30. The van der Waals surface area contributed by atoms with Crippen LogP contribution in [0.5, 0.6) is 0 Å². The Morgan fingerprint density at radius 2 is 2.21 bits per heavy atom. The Labute approximate surface area is 112 Å². The zero-order valence-corrected chi connectivity index (χ0v) is 10.6. The second-order valence-corrected chi connectivity index (χ2v) is 4.87. The minimum absolute atomic E-state index is 0.102. The Kier molecular flexibility index (Phi) is 3.23. The van der Waals surface area contributed by atoms with Gasteiger partial charge in [-0.05, 0) is 23.3 Å². The van der Waals surface area contributed by atoms with Crippen LogP contribution >= 0.6 is 0 Å². The summed E-state index contributed by atoms with van der Waals surface area (Å²) in [6.45, 7) is 1.43. The summed E-state index contributed by atoms with van der Waals surface area (Å²) in [4.78, 5) is 14.9. The molecule has 19 heavy (non-hydrogen) atoms. The number of aromatic amines is 1. The van der Waals surface area contributed by atoms with Crippen molar-refractivity contribution in [1.29, 1.82) is 0 Å². The number of anilines is 1. The minimum atomic E-state index is 0.102. The van der Waals surface area contributed by atoms with E-state index in [1.807, 2.05) is 30.6 Å². The van der Waals surface area contributed by atoms with Crippen LogP contribution < -0.4 is 10.6 Å². The molecule has 1 atom stereocenters. The number of rotatable bonds is 4. The van der Waals surface area contributed by atoms with Crippen molar-refractivity contribution >= 4 is 11.6 Å². The van der Waals surface area contributed by atoms with Crippen LogP contribution in [0.1, 0.15) is 23.5 Å². The van der Waals surface area contributed by atoms with Gasteiger partial charge in [-0.1, -0.05) is 18.2 Å². The van der Waals surface area contributed by atoms with Crippen LogP contribution in [0.25, 0.3) is 0 Å². The molecule has 0 saturated heterocycles. The number of H-pyrrole nitrogens is 1. The highest BCUT2D eigenvalue weighted by molar-refractivity contribution is 5.78. The quantitative estimate of drug-likeness (QED) is 0.784. The number of aromatic nitrogens is 1. The van der Waals surface area contributed by atoms with Gasteiger partial charge in [0, 0.05) is 43.5 Å². The molecule has 1 amide bonds. The minimum Gasteiger partial charge on any atom is -0.384 e. The van der Waals surface area contributed by atoms with Gasteiger partial charge in [-0.25, -0.2) is 0 Å². The number of fused-ring (bicyclic) bond motifs is 1.